The van der Waals surface area contributed by atoms with E-state index < -0.39 is 0 Å². The molecule has 7 nitrogen and oxygen atoms in total. The number of hydrogen-bond acceptors (Lipinski definition) is 5. The van der Waals surface area contributed by atoms with Crippen LogP contribution < -0.4 is 0 Å². The number of nitrogens with zero attached hydrogens (tertiary/aromatic N) is 3. The van der Waals surface area contributed by atoms with Gasteiger partial charge in [0.15, 0.2) is 0 Å². The second-order valence-electron chi connectivity index (χ2n) is 7.72. The molecule has 0 spiro atoms. The first kappa shape index (κ1) is 20.1. The molecule has 7 heteroatoms. The zero-order valence-electron chi connectivity index (χ0n) is 17.0. The molecule has 0 N–H and O–H groups in total. The van der Waals surface area contributed by atoms with Gasteiger partial charge in [-0.05, 0) is 42.7 Å². The molecular weight excluding hydrogens is 382 g/mol. The van der Waals surface area contributed by atoms with Gasteiger partial charge in [0, 0.05) is 25.2 Å². The van der Waals surface area contributed by atoms with Crippen LogP contribution in [0.25, 0.3) is 0 Å². The second kappa shape index (κ2) is 8.65. The van der Waals surface area contributed by atoms with Gasteiger partial charge >= 0.3 is 6.09 Å². The summed E-state index contributed by atoms with van der Waals surface area (Å²) in [5.41, 5.74) is 2.59. The predicted molar refractivity (Wildman–Crippen MR) is 110 cm³/mol. The molecular formula is C23H25N3O4. The molecule has 3 amide bonds. The lowest BCUT2D eigenvalue weighted by molar-refractivity contribution is 0.0640. The van der Waals surface area contributed by atoms with Crippen molar-refractivity contribution >= 4 is 17.9 Å². The first-order valence-corrected chi connectivity index (χ1v) is 10.4. The normalized spacial score (nSPS) is 18.1. The van der Waals surface area contributed by atoms with Crippen LogP contribution in [-0.4, -0.2) is 52.4 Å². The minimum atomic E-state index is -0.287. The van der Waals surface area contributed by atoms with Gasteiger partial charge in [0.25, 0.3) is 11.8 Å². The highest BCUT2D eigenvalue weighted by atomic mass is 16.6. The summed E-state index contributed by atoms with van der Waals surface area (Å²) in [4.78, 5) is 44.7. The third-order valence-electron chi connectivity index (χ3n) is 5.68. The Bertz CT molecular complexity index is 939. The molecule has 2 aliphatic rings. The smallest absolute Gasteiger partial charge is 0.409 e. The molecule has 0 radical (unpaired) electrons. The lowest BCUT2D eigenvalue weighted by Gasteiger charge is -2.17. The lowest BCUT2D eigenvalue weighted by atomic mass is 9.99. The number of fused-ring (bicyclic) bond motifs is 1. The fourth-order valence-electron chi connectivity index (χ4n) is 3.98. The van der Waals surface area contributed by atoms with Crippen molar-refractivity contribution in [2.45, 2.75) is 38.6 Å². The van der Waals surface area contributed by atoms with Crippen molar-refractivity contribution in [2.75, 3.05) is 19.7 Å². The number of benzene rings is 1. The number of hydrogen-bond donors (Lipinski definition) is 0. The number of pyridine rings is 1. The maximum atomic E-state index is 12.6. The highest BCUT2D eigenvalue weighted by molar-refractivity contribution is 6.21. The quantitative estimate of drug-likeness (QED) is 0.540. The SMILES string of the molecule is CCCCOC(=O)N1CCC(c2ccnc(CN3C(=O)c4ccccc4C3=O)c2)C1. The zero-order valence-corrected chi connectivity index (χ0v) is 17.0. The van der Waals surface area contributed by atoms with E-state index in [1.807, 2.05) is 12.1 Å². The summed E-state index contributed by atoms with van der Waals surface area (Å²) in [6.07, 6.45) is 4.15. The number of carbonyl (C=O) groups excluding carboxylic acids is 3. The first-order valence-electron chi connectivity index (χ1n) is 10.4. The van der Waals surface area contributed by atoms with E-state index in [-0.39, 0.29) is 30.4 Å². The zero-order chi connectivity index (χ0) is 21.1. The van der Waals surface area contributed by atoms with Crippen LogP contribution in [0.1, 0.15) is 64.1 Å². The number of carbonyl (C=O) groups is 3. The van der Waals surface area contributed by atoms with Gasteiger partial charge < -0.3 is 9.64 Å². The number of rotatable bonds is 6. The van der Waals surface area contributed by atoms with E-state index in [0.717, 1.165) is 24.8 Å². The Morgan fingerprint density at radius 2 is 1.90 bits per heavy atom. The molecule has 1 aromatic carbocycles. The Morgan fingerprint density at radius 1 is 1.17 bits per heavy atom. The van der Waals surface area contributed by atoms with Crippen molar-refractivity contribution in [3.05, 3.63) is 65.0 Å². The summed E-state index contributed by atoms with van der Waals surface area (Å²) in [5.74, 6) is -0.387. The average molecular weight is 407 g/mol. The van der Waals surface area contributed by atoms with Crippen LogP contribution >= 0.6 is 0 Å². The monoisotopic (exact) mass is 407 g/mol. The molecule has 3 heterocycles. The second-order valence-corrected chi connectivity index (χ2v) is 7.72. The van der Waals surface area contributed by atoms with E-state index in [0.29, 0.717) is 36.5 Å². The number of unbranched alkanes of at least 4 members (excludes halogenated alkanes) is 1. The van der Waals surface area contributed by atoms with E-state index >= 15 is 0 Å². The van der Waals surface area contributed by atoms with E-state index in [1.54, 1.807) is 35.4 Å². The summed E-state index contributed by atoms with van der Waals surface area (Å²) >= 11 is 0. The average Bonchev–Trinajstić information content (AvgIpc) is 3.35. The maximum Gasteiger partial charge on any atom is 0.409 e. The van der Waals surface area contributed by atoms with Crippen LogP contribution in [0.4, 0.5) is 4.79 Å². The van der Waals surface area contributed by atoms with Gasteiger partial charge in [-0.3, -0.25) is 19.5 Å². The largest absolute Gasteiger partial charge is 0.449 e. The lowest BCUT2D eigenvalue weighted by Crippen LogP contribution is -2.30. The number of aromatic nitrogens is 1. The number of amides is 3. The number of ether oxygens (including phenoxy) is 1. The van der Waals surface area contributed by atoms with Gasteiger partial charge in [-0.15, -0.1) is 0 Å². The van der Waals surface area contributed by atoms with Crippen molar-refractivity contribution in [3.63, 3.8) is 0 Å². The maximum absolute atomic E-state index is 12.6. The fourth-order valence-corrected chi connectivity index (χ4v) is 3.98. The molecule has 1 fully saturated rings. The third-order valence-corrected chi connectivity index (χ3v) is 5.68. The summed E-state index contributed by atoms with van der Waals surface area (Å²) < 4.78 is 5.31. The van der Waals surface area contributed by atoms with E-state index in [9.17, 15) is 14.4 Å². The van der Waals surface area contributed by atoms with E-state index in [2.05, 4.69) is 11.9 Å². The third kappa shape index (κ3) is 3.92. The Balaban J connectivity index is 1.41. The summed E-state index contributed by atoms with van der Waals surface area (Å²) in [6, 6.07) is 10.7. The number of likely N-dealkylation sites (tertiary alicyclic amines) is 1. The topological polar surface area (TPSA) is 79.8 Å². The Kier molecular flexibility index (Phi) is 5.79. The molecule has 0 bridgehead atoms. The molecule has 1 aromatic heterocycles. The molecule has 0 aliphatic carbocycles. The molecule has 30 heavy (non-hydrogen) atoms. The molecule has 2 aliphatic heterocycles. The van der Waals surface area contributed by atoms with Crippen LogP contribution in [0, 0.1) is 0 Å². The summed E-state index contributed by atoms with van der Waals surface area (Å²) in [5, 5.41) is 0. The van der Waals surface area contributed by atoms with Crippen LogP contribution in [0.2, 0.25) is 0 Å². The van der Waals surface area contributed by atoms with Gasteiger partial charge in [-0.2, -0.15) is 0 Å². The predicted octanol–water partition coefficient (Wildman–Crippen LogP) is 3.60. The van der Waals surface area contributed by atoms with E-state index in [4.69, 9.17) is 4.74 Å². The van der Waals surface area contributed by atoms with Gasteiger partial charge in [0.1, 0.15) is 0 Å². The van der Waals surface area contributed by atoms with Crippen LogP contribution in [0.5, 0.6) is 0 Å². The Hall–Kier alpha value is -3.22. The van der Waals surface area contributed by atoms with Crippen molar-refractivity contribution in [2.24, 2.45) is 0 Å². The number of imide groups is 1. The van der Waals surface area contributed by atoms with Crippen molar-refractivity contribution in [3.8, 4) is 0 Å². The van der Waals surface area contributed by atoms with Crippen LogP contribution in [-0.2, 0) is 11.3 Å². The molecule has 2 aromatic rings. The van der Waals surface area contributed by atoms with Gasteiger partial charge in [0.2, 0.25) is 0 Å². The van der Waals surface area contributed by atoms with Gasteiger partial charge in [0.05, 0.1) is 30.0 Å². The van der Waals surface area contributed by atoms with E-state index in [1.165, 1.54) is 4.90 Å². The minimum absolute atomic E-state index is 0.135. The Labute approximate surface area is 175 Å². The molecule has 156 valence electrons. The van der Waals surface area contributed by atoms with Crippen molar-refractivity contribution < 1.29 is 19.1 Å². The molecule has 1 atom stereocenters. The summed E-state index contributed by atoms with van der Waals surface area (Å²) in [6.45, 7) is 3.90. The van der Waals surface area contributed by atoms with Gasteiger partial charge in [-0.25, -0.2) is 4.79 Å². The van der Waals surface area contributed by atoms with Crippen LogP contribution in [0.3, 0.4) is 0 Å². The van der Waals surface area contributed by atoms with Crippen LogP contribution in [0.15, 0.2) is 42.6 Å². The molecule has 1 saturated heterocycles. The molecule has 1 unspecified atom stereocenters. The highest BCUT2D eigenvalue weighted by Crippen LogP contribution is 2.29. The fraction of sp³-hybridized carbons (Fsp3) is 0.391. The minimum Gasteiger partial charge on any atom is -0.449 e. The highest BCUT2D eigenvalue weighted by Gasteiger charge is 2.35. The molecule has 4 rings (SSSR count). The molecule has 0 saturated carbocycles. The van der Waals surface area contributed by atoms with Crippen molar-refractivity contribution in [1.82, 2.24) is 14.8 Å². The Morgan fingerprint density at radius 3 is 2.60 bits per heavy atom. The summed E-state index contributed by atoms with van der Waals surface area (Å²) in [7, 11) is 0. The standard InChI is InChI=1S/C23H25N3O4/c1-2-3-12-30-23(29)25-11-9-17(14-25)16-8-10-24-18(13-16)15-26-21(27)19-6-4-5-7-20(19)22(26)28/h4-8,10,13,17H,2-3,9,11-12,14-15H2,1H3. The van der Waals surface area contributed by atoms with Gasteiger partial charge in [-0.1, -0.05) is 25.5 Å². The van der Waals surface area contributed by atoms with Crippen molar-refractivity contribution in [1.29, 1.82) is 0 Å². The first-order chi connectivity index (χ1) is 14.6.